The monoisotopic (exact) mass is 491 g/mol. The molecule has 3 N–H and O–H groups in total. The summed E-state index contributed by atoms with van der Waals surface area (Å²) >= 11 is 0. The molecular weight excluding hydrogens is 442 g/mol. The summed E-state index contributed by atoms with van der Waals surface area (Å²) in [6.07, 6.45) is 6.98. The van der Waals surface area contributed by atoms with Crippen LogP contribution in [-0.2, 0) is 12.8 Å². The minimum atomic E-state index is 0.316. The van der Waals surface area contributed by atoms with E-state index in [1.807, 2.05) is 18.3 Å². The molecular formula is C32H49N3O. The van der Waals surface area contributed by atoms with Gasteiger partial charge in [-0.1, -0.05) is 92.6 Å². The molecule has 2 aromatic carbocycles. The van der Waals surface area contributed by atoms with Gasteiger partial charge in [-0.25, -0.2) is 4.98 Å². The van der Waals surface area contributed by atoms with Gasteiger partial charge in [0.25, 0.3) is 0 Å². The molecule has 2 heterocycles. The van der Waals surface area contributed by atoms with Gasteiger partial charge in [0.1, 0.15) is 5.75 Å². The highest BCUT2D eigenvalue weighted by molar-refractivity contribution is 5.57. The topological polar surface area (TPSA) is 60.9 Å². The Morgan fingerprint density at radius 1 is 0.806 bits per heavy atom. The van der Waals surface area contributed by atoms with Crippen LogP contribution in [0.4, 0.5) is 5.69 Å². The average molecular weight is 492 g/mol. The van der Waals surface area contributed by atoms with E-state index in [9.17, 15) is 0 Å². The van der Waals surface area contributed by atoms with Crippen LogP contribution in [0.15, 0.2) is 61.1 Å². The number of nitrogens with one attached hydrogen (secondary N) is 2. The second-order valence-corrected chi connectivity index (χ2v) is 13.6. The molecule has 0 saturated heterocycles. The highest BCUT2D eigenvalue weighted by Gasteiger charge is 2.26. The Kier molecular flexibility index (Phi) is 10.2. The lowest BCUT2D eigenvalue weighted by atomic mass is 9.82. The fourth-order valence-electron chi connectivity index (χ4n) is 4.46. The van der Waals surface area contributed by atoms with Crippen LogP contribution in [0.2, 0.25) is 0 Å². The van der Waals surface area contributed by atoms with Crippen LogP contribution in [-0.4, -0.2) is 21.6 Å². The summed E-state index contributed by atoms with van der Waals surface area (Å²) in [5.41, 5.74) is 6.42. The van der Waals surface area contributed by atoms with Crippen molar-refractivity contribution in [2.24, 2.45) is 16.2 Å². The average Bonchev–Trinajstić information content (AvgIpc) is 3.38. The summed E-state index contributed by atoms with van der Waals surface area (Å²) in [5, 5.41) is 12.5. The highest BCUT2D eigenvalue weighted by atomic mass is 16.3. The van der Waals surface area contributed by atoms with Crippen LogP contribution in [0.25, 0.3) is 0 Å². The summed E-state index contributed by atoms with van der Waals surface area (Å²) in [6.45, 7) is 21.3. The van der Waals surface area contributed by atoms with Gasteiger partial charge in [-0.05, 0) is 64.8 Å². The number of H-pyrrole nitrogens is 1. The van der Waals surface area contributed by atoms with Crippen molar-refractivity contribution in [1.82, 2.24) is 9.97 Å². The molecule has 0 spiro atoms. The van der Waals surface area contributed by atoms with Crippen molar-refractivity contribution in [3.05, 3.63) is 77.9 Å². The maximum Gasteiger partial charge on any atom is 0.115 e. The highest BCUT2D eigenvalue weighted by Crippen LogP contribution is 2.38. The van der Waals surface area contributed by atoms with Crippen molar-refractivity contribution in [2.75, 3.05) is 11.9 Å². The Morgan fingerprint density at radius 3 is 1.94 bits per heavy atom. The van der Waals surface area contributed by atoms with Gasteiger partial charge in [0.2, 0.25) is 0 Å². The van der Waals surface area contributed by atoms with Gasteiger partial charge in [-0.3, -0.25) is 0 Å². The lowest BCUT2D eigenvalue weighted by Crippen LogP contribution is -2.13. The standard InChI is InChI=1S/C13H19N.C11H16O.C8H14N2/c1-13(2,3)8-10-9-14-12-7-5-4-6-11(10)12;1-11(2,3)8-9-4-6-10(12)7-5-9;1-8(2,3)4-7-5-9-6-10-7/h4-7,10,14H,8-9H2,1-3H3;4-7,12H,8H2,1-3H3;5-6H,4H2,1-3H3,(H,9,10). The molecule has 0 saturated carbocycles. The number of imidazole rings is 1. The Hall–Kier alpha value is -2.75. The summed E-state index contributed by atoms with van der Waals surface area (Å²) in [5.74, 6) is 1.04. The van der Waals surface area contributed by atoms with Crippen LogP contribution in [0.1, 0.15) is 91.5 Å². The predicted octanol–water partition coefficient (Wildman–Crippen LogP) is 8.61. The zero-order valence-corrected chi connectivity index (χ0v) is 24.1. The van der Waals surface area contributed by atoms with Crippen molar-refractivity contribution < 1.29 is 5.11 Å². The third-order valence-corrected chi connectivity index (χ3v) is 5.74. The van der Waals surface area contributed by atoms with Crippen molar-refractivity contribution in [3.8, 4) is 5.75 Å². The van der Waals surface area contributed by atoms with Gasteiger partial charge in [0.15, 0.2) is 0 Å². The molecule has 0 amide bonds. The number of fused-ring (bicyclic) bond motifs is 1. The van der Waals surface area contributed by atoms with E-state index in [0.717, 1.165) is 19.4 Å². The summed E-state index contributed by atoms with van der Waals surface area (Å²) < 4.78 is 0. The lowest BCUT2D eigenvalue weighted by Gasteiger charge is -2.22. The third kappa shape index (κ3) is 11.8. The van der Waals surface area contributed by atoms with E-state index >= 15 is 0 Å². The fourth-order valence-corrected chi connectivity index (χ4v) is 4.46. The van der Waals surface area contributed by atoms with Crippen LogP contribution >= 0.6 is 0 Å². The van der Waals surface area contributed by atoms with E-state index in [0.29, 0.717) is 27.9 Å². The molecule has 1 aromatic heterocycles. The Morgan fingerprint density at radius 2 is 1.42 bits per heavy atom. The zero-order valence-electron chi connectivity index (χ0n) is 24.1. The third-order valence-electron chi connectivity index (χ3n) is 5.74. The molecule has 198 valence electrons. The largest absolute Gasteiger partial charge is 0.508 e. The molecule has 0 aliphatic carbocycles. The van der Waals surface area contributed by atoms with E-state index in [4.69, 9.17) is 5.11 Å². The van der Waals surface area contributed by atoms with E-state index < -0.39 is 0 Å². The Balaban J connectivity index is 0.000000193. The maximum absolute atomic E-state index is 9.05. The van der Waals surface area contributed by atoms with Crippen molar-refractivity contribution in [3.63, 3.8) is 0 Å². The summed E-state index contributed by atoms with van der Waals surface area (Å²) in [6, 6.07) is 16.1. The number of rotatable bonds is 3. The second-order valence-electron chi connectivity index (χ2n) is 13.6. The number of hydrogen-bond acceptors (Lipinski definition) is 3. The molecule has 0 bridgehead atoms. The number of aromatic hydroxyl groups is 1. The molecule has 1 atom stereocenters. The number of phenols is 1. The lowest BCUT2D eigenvalue weighted by molar-refractivity contribution is 0.348. The molecule has 3 aromatic rings. The first-order valence-electron chi connectivity index (χ1n) is 13.2. The van der Waals surface area contributed by atoms with Crippen molar-refractivity contribution in [2.45, 2.75) is 87.5 Å². The first kappa shape index (κ1) is 29.5. The zero-order chi connectivity index (χ0) is 27.0. The summed E-state index contributed by atoms with van der Waals surface area (Å²) in [4.78, 5) is 7.03. The number of anilines is 1. The van der Waals surface area contributed by atoms with Gasteiger partial charge in [-0.2, -0.15) is 0 Å². The maximum atomic E-state index is 9.05. The number of benzene rings is 2. The van der Waals surface area contributed by atoms with Crippen LogP contribution in [0.5, 0.6) is 5.75 Å². The SMILES string of the molecule is CC(C)(C)CC1CNc2ccccc21.CC(C)(C)Cc1ccc(O)cc1.CC(C)(C)Cc1cnc[nH]1. The number of aromatic amines is 1. The minimum Gasteiger partial charge on any atom is -0.508 e. The fraction of sp³-hybridized carbons (Fsp3) is 0.531. The van der Waals surface area contributed by atoms with Gasteiger partial charge in [0, 0.05) is 30.0 Å². The van der Waals surface area contributed by atoms with Crippen LogP contribution in [0.3, 0.4) is 0 Å². The van der Waals surface area contributed by atoms with Gasteiger partial charge in [0.05, 0.1) is 6.33 Å². The summed E-state index contributed by atoms with van der Waals surface area (Å²) in [7, 11) is 0. The number of para-hydroxylation sites is 1. The van der Waals surface area contributed by atoms with Gasteiger partial charge < -0.3 is 15.4 Å². The van der Waals surface area contributed by atoms with Gasteiger partial charge >= 0.3 is 0 Å². The number of aromatic nitrogens is 2. The molecule has 0 fully saturated rings. The molecule has 1 aliphatic rings. The quantitative estimate of drug-likeness (QED) is 0.344. The van der Waals surface area contributed by atoms with Gasteiger partial charge in [-0.15, -0.1) is 0 Å². The molecule has 36 heavy (non-hydrogen) atoms. The smallest absolute Gasteiger partial charge is 0.115 e. The molecule has 0 radical (unpaired) electrons. The Labute approximate surface area is 220 Å². The van der Waals surface area contributed by atoms with Crippen LogP contribution < -0.4 is 5.32 Å². The molecule has 4 rings (SSSR count). The molecule has 1 unspecified atom stereocenters. The predicted molar refractivity (Wildman–Crippen MR) is 155 cm³/mol. The van der Waals surface area contributed by atoms with Crippen molar-refractivity contribution in [1.29, 1.82) is 0 Å². The minimum absolute atomic E-state index is 0.316. The molecule has 4 heteroatoms. The Bertz CT molecular complexity index is 1020. The second kappa shape index (κ2) is 12.5. The number of nitrogens with zero attached hydrogens (tertiary/aromatic N) is 1. The van der Waals surface area contributed by atoms with E-state index in [1.165, 1.54) is 28.9 Å². The van der Waals surface area contributed by atoms with Crippen LogP contribution in [0, 0.1) is 16.2 Å². The number of hydrogen-bond donors (Lipinski definition) is 3. The first-order chi connectivity index (χ1) is 16.6. The normalized spacial score (nSPS) is 15.1. The number of phenolic OH excluding ortho intramolecular Hbond substituents is 1. The van der Waals surface area contributed by atoms with E-state index in [1.54, 1.807) is 18.5 Å². The van der Waals surface area contributed by atoms with E-state index in [2.05, 4.69) is 102 Å². The molecule has 1 aliphatic heterocycles. The van der Waals surface area contributed by atoms with E-state index in [-0.39, 0.29) is 0 Å². The first-order valence-corrected chi connectivity index (χ1v) is 13.2. The van der Waals surface area contributed by atoms with Crippen molar-refractivity contribution >= 4 is 5.69 Å². The molecule has 4 nitrogen and oxygen atoms in total.